The van der Waals surface area contributed by atoms with Gasteiger partial charge in [-0.25, -0.2) is 4.68 Å². The first-order chi connectivity index (χ1) is 17.7. The fourth-order valence-electron chi connectivity index (χ4n) is 5.11. The van der Waals surface area contributed by atoms with Crippen molar-refractivity contribution in [1.82, 2.24) is 19.6 Å². The van der Waals surface area contributed by atoms with E-state index in [4.69, 9.17) is 4.74 Å². The minimum Gasteiger partial charge on any atom is -0.493 e. The number of carbonyl (C=O) groups is 1. The van der Waals surface area contributed by atoms with Crippen LogP contribution in [0.3, 0.4) is 0 Å². The molecule has 4 aromatic rings. The van der Waals surface area contributed by atoms with Crippen molar-refractivity contribution in [2.75, 3.05) is 32.8 Å². The van der Waals surface area contributed by atoms with Gasteiger partial charge in [-0.2, -0.15) is 5.10 Å². The van der Waals surface area contributed by atoms with Gasteiger partial charge in [0, 0.05) is 44.5 Å². The first-order valence-electron chi connectivity index (χ1n) is 12.5. The van der Waals surface area contributed by atoms with Crippen molar-refractivity contribution in [2.45, 2.75) is 19.5 Å². The minimum absolute atomic E-state index is 0.123. The maximum absolute atomic E-state index is 13.6. The van der Waals surface area contributed by atoms with E-state index >= 15 is 0 Å². The maximum atomic E-state index is 13.6. The smallest absolute Gasteiger partial charge is 0.275 e. The molecule has 2 aliphatic heterocycles. The Morgan fingerprint density at radius 3 is 2.39 bits per heavy atom. The number of fused-ring (bicyclic) bond motifs is 2. The summed E-state index contributed by atoms with van der Waals surface area (Å²) >= 11 is 0. The number of carbonyl (C=O) groups excluding carboxylic acids is 1. The van der Waals surface area contributed by atoms with Crippen LogP contribution >= 0.6 is 0 Å². The molecule has 7 nitrogen and oxygen atoms in total. The number of amides is 1. The third-order valence-corrected chi connectivity index (χ3v) is 7.07. The van der Waals surface area contributed by atoms with Crippen molar-refractivity contribution in [1.29, 1.82) is 0 Å². The summed E-state index contributed by atoms with van der Waals surface area (Å²) in [4.78, 5) is 31.0. The van der Waals surface area contributed by atoms with Gasteiger partial charge in [0.2, 0.25) is 0 Å². The molecular weight excluding hydrogens is 452 g/mol. The van der Waals surface area contributed by atoms with E-state index in [1.165, 1.54) is 15.8 Å². The largest absolute Gasteiger partial charge is 0.493 e. The molecule has 182 valence electrons. The van der Waals surface area contributed by atoms with E-state index in [1.807, 2.05) is 53.4 Å². The molecule has 1 aromatic heterocycles. The molecule has 1 saturated heterocycles. The zero-order valence-electron chi connectivity index (χ0n) is 20.1. The number of hydrogen-bond acceptors (Lipinski definition) is 5. The Morgan fingerprint density at radius 2 is 1.58 bits per heavy atom. The molecule has 0 spiro atoms. The van der Waals surface area contributed by atoms with Gasteiger partial charge in [0.25, 0.3) is 11.5 Å². The number of piperazine rings is 1. The van der Waals surface area contributed by atoms with E-state index in [2.05, 4.69) is 28.2 Å². The number of benzene rings is 3. The van der Waals surface area contributed by atoms with Crippen LogP contribution in [-0.2, 0) is 19.5 Å². The number of aromatic nitrogens is 2. The number of nitrogens with zero attached hydrogens (tertiary/aromatic N) is 4. The van der Waals surface area contributed by atoms with Gasteiger partial charge in [-0.1, -0.05) is 60.7 Å². The molecule has 0 aliphatic carbocycles. The lowest BCUT2D eigenvalue weighted by Crippen LogP contribution is -2.48. The van der Waals surface area contributed by atoms with Crippen molar-refractivity contribution >= 4 is 16.7 Å². The van der Waals surface area contributed by atoms with Gasteiger partial charge in [0.15, 0.2) is 5.69 Å². The zero-order chi connectivity index (χ0) is 24.5. The summed E-state index contributed by atoms with van der Waals surface area (Å²) in [7, 11) is 0. The molecule has 0 unspecified atom stereocenters. The standard InChI is InChI=1S/C29H28N4O3/c34-28-25-9-5-4-8-24(25)27(30-33(28)20-21-6-2-1-3-7-21)29(35)32-15-13-31(14-16-32)19-22-10-11-26-23(18-22)12-17-36-26/h1-11,18H,12-17,19-20H2. The van der Waals surface area contributed by atoms with Gasteiger partial charge < -0.3 is 9.64 Å². The van der Waals surface area contributed by atoms with Gasteiger partial charge in [0.1, 0.15) is 5.75 Å². The number of hydrogen-bond donors (Lipinski definition) is 0. The van der Waals surface area contributed by atoms with E-state index < -0.39 is 0 Å². The van der Waals surface area contributed by atoms with E-state index in [-0.39, 0.29) is 11.5 Å². The monoisotopic (exact) mass is 480 g/mol. The lowest BCUT2D eigenvalue weighted by Gasteiger charge is -2.34. The average molecular weight is 481 g/mol. The SMILES string of the molecule is O=C(c1nn(Cc2ccccc2)c(=O)c2ccccc12)N1CCN(Cc2ccc3c(c2)CCO3)CC1. The van der Waals surface area contributed by atoms with Crippen LogP contribution in [0, 0.1) is 0 Å². The predicted molar refractivity (Wildman–Crippen MR) is 138 cm³/mol. The Kier molecular flexibility index (Phi) is 5.99. The van der Waals surface area contributed by atoms with Crippen LogP contribution < -0.4 is 10.3 Å². The topological polar surface area (TPSA) is 67.7 Å². The van der Waals surface area contributed by atoms with Crippen LogP contribution in [0.2, 0.25) is 0 Å². The first kappa shape index (κ1) is 22.5. The van der Waals surface area contributed by atoms with Crippen LogP contribution in [-0.4, -0.2) is 58.3 Å². The summed E-state index contributed by atoms with van der Waals surface area (Å²) in [6.07, 6.45) is 0.971. The molecule has 3 heterocycles. The van der Waals surface area contributed by atoms with Gasteiger partial charge in [-0.15, -0.1) is 0 Å². The highest BCUT2D eigenvalue weighted by Crippen LogP contribution is 2.26. The summed E-state index contributed by atoms with van der Waals surface area (Å²) in [5.74, 6) is 0.879. The minimum atomic E-state index is -0.185. The lowest BCUT2D eigenvalue weighted by molar-refractivity contribution is 0.0622. The molecule has 3 aromatic carbocycles. The van der Waals surface area contributed by atoms with Gasteiger partial charge in [-0.3, -0.25) is 14.5 Å². The summed E-state index contributed by atoms with van der Waals surface area (Å²) in [5.41, 5.74) is 3.68. The number of rotatable bonds is 5. The van der Waals surface area contributed by atoms with Crippen LogP contribution in [0.1, 0.15) is 27.2 Å². The van der Waals surface area contributed by atoms with E-state index in [1.54, 1.807) is 6.07 Å². The third-order valence-electron chi connectivity index (χ3n) is 7.07. The second-order valence-electron chi connectivity index (χ2n) is 9.45. The Morgan fingerprint density at radius 1 is 0.833 bits per heavy atom. The normalized spacial score (nSPS) is 15.6. The molecular formula is C29H28N4O3. The molecule has 0 N–H and O–H groups in total. The zero-order valence-corrected chi connectivity index (χ0v) is 20.1. The fourth-order valence-corrected chi connectivity index (χ4v) is 5.11. The molecule has 1 fully saturated rings. The molecule has 0 atom stereocenters. The summed E-state index contributed by atoms with van der Waals surface area (Å²) in [5, 5.41) is 5.71. The molecule has 36 heavy (non-hydrogen) atoms. The molecule has 6 rings (SSSR count). The Labute approximate surface area is 209 Å². The molecule has 0 bridgehead atoms. The van der Waals surface area contributed by atoms with Crippen molar-refractivity contribution < 1.29 is 9.53 Å². The Hall–Kier alpha value is -3.97. The maximum Gasteiger partial charge on any atom is 0.275 e. The van der Waals surface area contributed by atoms with E-state index in [0.29, 0.717) is 36.1 Å². The highest BCUT2D eigenvalue weighted by atomic mass is 16.5. The quantitative estimate of drug-likeness (QED) is 0.438. The van der Waals surface area contributed by atoms with Crippen LogP contribution in [0.15, 0.2) is 77.6 Å². The second-order valence-corrected chi connectivity index (χ2v) is 9.45. The molecule has 1 amide bonds. The molecule has 2 aliphatic rings. The predicted octanol–water partition coefficient (Wildman–Crippen LogP) is 3.34. The van der Waals surface area contributed by atoms with Gasteiger partial charge in [0.05, 0.1) is 18.5 Å². The summed E-state index contributed by atoms with van der Waals surface area (Å²) in [6, 6.07) is 23.4. The highest BCUT2D eigenvalue weighted by Gasteiger charge is 2.26. The summed E-state index contributed by atoms with van der Waals surface area (Å²) < 4.78 is 7.04. The number of ether oxygens (including phenoxy) is 1. The van der Waals surface area contributed by atoms with Crippen LogP contribution in [0.25, 0.3) is 10.8 Å². The van der Waals surface area contributed by atoms with Crippen LogP contribution in [0.4, 0.5) is 0 Å². The lowest BCUT2D eigenvalue weighted by atomic mass is 10.1. The van der Waals surface area contributed by atoms with Crippen LogP contribution in [0.5, 0.6) is 5.75 Å². The van der Waals surface area contributed by atoms with E-state index in [9.17, 15) is 9.59 Å². The Balaban J connectivity index is 1.20. The molecule has 0 saturated carbocycles. The highest BCUT2D eigenvalue weighted by molar-refractivity contribution is 6.04. The molecule has 7 heteroatoms. The van der Waals surface area contributed by atoms with Crippen molar-refractivity contribution in [3.63, 3.8) is 0 Å². The average Bonchev–Trinajstić information content (AvgIpc) is 3.39. The third kappa shape index (κ3) is 4.38. The van der Waals surface area contributed by atoms with Crippen molar-refractivity contribution in [3.8, 4) is 5.75 Å². The van der Waals surface area contributed by atoms with Gasteiger partial charge in [-0.05, 0) is 28.8 Å². The fraction of sp³-hybridized carbons (Fsp3) is 0.276. The van der Waals surface area contributed by atoms with E-state index in [0.717, 1.165) is 44.0 Å². The second kappa shape index (κ2) is 9.59. The molecule has 0 radical (unpaired) electrons. The van der Waals surface area contributed by atoms with Gasteiger partial charge >= 0.3 is 0 Å². The Bertz CT molecular complexity index is 1470. The summed E-state index contributed by atoms with van der Waals surface area (Å²) in [6.45, 7) is 4.78. The van der Waals surface area contributed by atoms with Crippen molar-refractivity contribution in [2.24, 2.45) is 0 Å². The van der Waals surface area contributed by atoms with Crippen molar-refractivity contribution in [3.05, 3.63) is 106 Å². The first-order valence-corrected chi connectivity index (χ1v) is 12.5.